The molecule has 0 aliphatic rings. The van der Waals surface area contributed by atoms with Gasteiger partial charge in [0.05, 0.1) is 18.6 Å². The Morgan fingerprint density at radius 3 is 2.93 bits per heavy atom. The maximum Gasteiger partial charge on any atom is 0.0960 e. The summed E-state index contributed by atoms with van der Waals surface area (Å²) in [6, 6.07) is 7.41. The molecule has 72 valence electrons. The van der Waals surface area contributed by atoms with Gasteiger partial charge in [-0.1, -0.05) is 6.07 Å². The van der Waals surface area contributed by atoms with Crippen LogP contribution in [-0.2, 0) is 6.42 Å². The van der Waals surface area contributed by atoms with E-state index in [4.69, 9.17) is 4.42 Å². The molecule has 1 N–H and O–H groups in total. The normalized spacial score (nSPS) is 12.6. The van der Waals surface area contributed by atoms with Gasteiger partial charge in [-0.3, -0.25) is 4.98 Å². The minimum Gasteiger partial charge on any atom is -0.472 e. The van der Waals surface area contributed by atoms with E-state index in [2.05, 4.69) is 4.98 Å². The summed E-state index contributed by atoms with van der Waals surface area (Å²) < 4.78 is 4.89. The Morgan fingerprint density at radius 2 is 2.29 bits per heavy atom. The molecule has 0 saturated heterocycles. The Morgan fingerprint density at radius 1 is 1.36 bits per heavy atom. The van der Waals surface area contributed by atoms with E-state index < -0.39 is 6.10 Å². The van der Waals surface area contributed by atoms with Crippen LogP contribution in [0.15, 0.2) is 47.4 Å². The predicted octanol–water partition coefficient (Wildman–Crippen LogP) is 1.95. The van der Waals surface area contributed by atoms with Crippen molar-refractivity contribution in [2.45, 2.75) is 12.5 Å². The molecule has 0 radical (unpaired) electrons. The molecule has 3 nitrogen and oxygen atoms in total. The molecule has 0 bridgehead atoms. The SMILES string of the molecule is OC(Cc1ccccn1)c1ccoc1. The largest absolute Gasteiger partial charge is 0.472 e. The van der Waals surface area contributed by atoms with Gasteiger partial charge >= 0.3 is 0 Å². The van der Waals surface area contributed by atoms with Crippen LogP contribution >= 0.6 is 0 Å². The molecule has 3 heteroatoms. The molecule has 2 aromatic heterocycles. The number of aliphatic hydroxyl groups is 1. The van der Waals surface area contributed by atoms with Gasteiger partial charge in [-0.15, -0.1) is 0 Å². The Labute approximate surface area is 82.0 Å². The van der Waals surface area contributed by atoms with Crippen LogP contribution in [0.3, 0.4) is 0 Å². The van der Waals surface area contributed by atoms with Crippen molar-refractivity contribution in [2.24, 2.45) is 0 Å². The Bertz CT molecular complexity index is 369. The van der Waals surface area contributed by atoms with Crippen LogP contribution in [0.4, 0.5) is 0 Å². The molecule has 0 saturated carbocycles. The summed E-state index contributed by atoms with van der Waals surface area (Å²) in [5.74, 6) is 0. The summed E-state index contributed by atoms with van der Waals surface area (Å²) in [6.07, 6.45) is 4.80. The van der Waals surface area contributed by atoms with Crippen LogP contribution in [0.25, 0.3) is 0 Å². The lowest BCUT2D eigenvalue weighted by Crippen LogP contribution is -2.01. The number of hydrogen-bond acceptors (Lipinski definition) is 3. The minimum atomic E-state index is -0.538. The van der Waals surface area contributed by atoms with E-state index in [0.717, 1.165) is 11.3 Å². The number of aliphatic hydroxyl groups excluding tert-OH is 1. The minimum absolute atomic E-state index is 0.514. The van der Waals surface area contributed by atoms with E-state index in [1.54, 1.807) is 24.8 Å². The monoisotopic (exact) mass is 189 g/mol. The first-order valence-corrected chi connectivity index (χ1v) is 4.46. The van der Waals surface area contributed by atoms with Crippen LogP contribution in [-0.4, -0.2) is 10.1 Å². The average Bonchev–Trinajstić information content (AvgIpc) is 2.72. The average molecular weight is 189 g/mol. The molecule has 0 aromatic carbocycles. The van der Waals surface area contributed by atoms with Gasteiger partial charge in [0.25, 0.3) is 0 Å². The fraction of sp³-hybridized carbons (Fsp3) is 0.182. The molecule has 0 aliphatic heterocycles. The molecule has 0 amide bonds. The van der Waals surface area contributed by atoms with Gasteiger partial charge < -0.3 is 9.52 Å². The van der Waals surface area contributed by atoms with Crippen molar-refractivity contribution < 1.29 is 9.52 Å². The zero-order valence-electron chi connectivity index (χ0n) is 7.63. The van der Waals surface area contributed by atoms with Crippen molar-refractivity contribution in [2.75, 3.05) is 0 Å². The fourth-order valence-electron chi connectivity index (χ4n) is 1.30. The third kappa shape index (κ3) is 2.00. The number of nitrogens with zero attached hydrogens (tertiary/aromatic N) is 1. The van der Waals surface area contributed by atoms with Gasteiger partial charge in [0.2, 0.25) is 0 Å². The maximum absolute atomic E-state index is 9.76. The summed E-state index contributed by atoms with van der Waals surface area (Å²) in [5, 5.41) is 9.76. The number of rotatable bonds is 3. The van der Waals surface area contributed by atoms with Crippen molar-refractivity contribution in [1.29, 1.82) is 0 Å². The summed E-state index contributed by atoms with van der Waals surface area (Å²) >= 11 is 0. The topological polar surface area (TPSA) is 46.3 Å². The van der Waals surface area contributed by atoms with Gasteiger partial charge in [-0.2, -0.15) is 0 Å². The van der Waals surface area contributed by atoms with Gasteiger partial charge in [-0.05, 0) is 18.2 Å². The second kappa shape index (κ2) is 4.07. The molecule has 2 aromatic rings. The molecule has 14 heavy (non-hydrogen) atoms. The second-order valence-electron chi connectivity index (χ2n) is 3.10. The van der Waals surface area contributed by atoms with Gasteiger partial charge in [-0.25, -0.2) is 0 Å². The van der Waals surface area contributed by atoms with E-state index in [9.17, 15) is 5.11 Å². The van der Waals surface area contributed by atoms with Crippen LogP contribution in [0, 0.1) is 0 Å². The maximum atomic E-state index is 9.76. The highest BCUT2D eigenvalue weighted by atomic mass is 16.3. The summed E-state index contributed by atoms with van der Waals surface area (Å²) in [4.78, 5) is 4.14. The Hall–Kier alpha value is -1.61. The number of furan rings is 1. The molecule has 0 fully saturated rings. The van der Waals surface area contributed by atoms with Gasteiger partial charge in [0, 0.05) is 23.9 Å². The molecule has 0 aliphatic carbocycles. The molecule has 2 heterocycles. The van der Waals surface area contributed by atoms with E-state index in [0.29, 0.717) is 6.42 Å². The zero-order chi connectivity index (χ0) is 9.80. The van der Waals surface area contributed by atoms with Crippen LogP contribution in [0.2, 0.25) is 0 Å². The van der Waals surface area contributed by atoms with Crippen LogP contribution in [0.1, 0.15) is 17.4 Å². The second-order valence-corrected chi connectivity index (χ2v) is 3.10. The highest BCUT2D eigenvalue weighted by Gasteiger charge is 2.09. The first-order valence-electron chi connectivity index (χ1n) is 4.46. The number of aromatic nitrogens is 1. The lowest BCUT2D eigenvalue weighted by Gasteiger charge is -2.06. The number of hydrogen-bond donors (Lipinski definition) is 1. The van der Waals surface area contributed by atoms with E-state index in [1.165, 1.54) is 0 Å². The quantitative estimate of drug-likeness (QED) is 0.802. The van der Waals surface area contributed by atoms with E-state index in [1.807, 2.05) is 18.2 Å². The molecular weight excluding hydrogens is 178 g/mol. The predicted molar refractivity (Wildman–Crippen MR) is 51.6 cm³/mol. The van der Waals surface area contributed by atoms with Crippen molar-refractivity contribution in [3.05, 3.63) is 54.2 Å². The van der Waals surface area contributed by atoms with Crippen molar-refractivity contribution in [1.82, 2.24) is 4.98 Å². The summed E-state index contributed by atoms with van der Waals surface area (Å²) in [6.45, 7) is 0. The van der Waals surface area contributed by atoms with Gasteiger partial charge in [0.1, 0.15) is 0 Å². The van der Waals surface area contributed by atoms with Crippen molar-refractivity contribution in [3.8, 4) is 0 Å². The Balaban J connectivity index is 2.06. The van der Waals surface area contributed by atoms with Crippen molar-refractivity contribution >= 4 is 0 Å². The van der Waals surface area contributed by atoms with Crippen molar-refractivity contribution in [3.63, 3.8) is 0 Å². The lowest BCUT2D eigenvalue weighted by atomic mass is 10.1. The lowest BCUT2D eigenvalue weighted by molar-refractivity contribution is 0.176. The first kappa shape index (κ1) is 8.97. The standard InChI is InChI=1S/C11H11NO2/c13-11(9-4-6-14-8-9)7-10-3-1-2-5-12-10/h1-6,8,11,13H,7H2. The molecule has 0 spiro atoms. The summed E-state index contributed by atoms with van der Waals surface area (Å²) in [5.41, 5.74) is 1.66. The highest BCUT2D eigenvalue weighted by Crippen LogP contribution is 2.16. The van der Waals surface area contributed by atoms with Gasteiger partial charge in [0.15, 0.2) is 0 Å². The highest BCUT2D eigenvalue weighted by molar-refractivity contribution is 5.13. The molecular formula is C11H11NO2. The van der Waals surface area contributed by atoms with E-state index >= 15 is 0 Å². The third-order valence-electron chi connectivity index (χ3n) is 2.06. The smallest absolute Gasteiger partial charge is 0.0960 e. The first-order chi connectivity index (χ1) is 6.86. The number of pyridine rings is 1. The van der Waals surface area contributed by atoms with Crippen LogP contribution < -0.4 is 0 Å². The molecule has 1 atom stereocenters. The molecule has 2 rings (SSSR count). The Kier molecular flexibility index (Phi) is 2.60. The third-order valence-corrected chi connectivity index (χ3v) is 2.06. The summed E-state index contributed by atoms with van der Waals surface area (Å²) in [7, 11) is 0. The van der Waals surface area contributed by atoms with E-state index in [-0.39, 0.29) is 0 Å². The molecule has 1 unspecified atom stereocenters. The fourth-order valence-corrected chi connectivity index (χ4v) is 1.30. The van der Waals surface area contributed by atoms with Crippen LogP contribution in [0.5, 0.6) is 0 Å². The zero-order valence-corrected chi connectivity index (χ0v) is 7.63.